The van der Waals surface area contributed by atoms with Crippen molar-refractivity contribution in [1.82, 2.24) is 4.90 Å². The van der Waals surface area contributed by atoms with Gasteiger partial charge in [-0.1, -0.05) is 42.5 Å². The number of nitrogens with one attached hydrogen (secondary N) is 1. The van der Waals surface area contributed by atoms with E-state index in [1.807, 2.05) is 23.6 Å². The minimum absolute atomic E-state index is 0.0607. The van der Waals surface area contributed by atoms with Crippen LogP contribution in [0.2, 0.25) is 0 Å². The van der Waals surface area contributed by atoms with Crippen molar-refractivity contribution in [3.63, 3.8) is 0 Å². The molecule has 1 fully saturated rings. The molecule has 1 aliphatic heterocycles. The number of benzene rings is 1. The van der Waals surface area contributed by atoms with E-state index in [0.29, 0.717) is 34.3 Å². The van der Waals surface area contributed by atoms with Crippen LogP contribution in [-0.4, -0.2) is 38.7 Å². The number of thiophene rings is 1. The lowest BCUT2D eigenvalue weighted by atomic mass is 10.1. The second-order valence-corrected chi connectivity index (χ2v) is 9.25. The number of hydrogen-bond acceptors (Lipinski definition) is 6. The Kier molecular flexibility index (Phi) is 7.78. The van der Waals surface area contributed by atoms with Gasteiger partial charge < -0.3 is 10.4 Å². The van der Waals surface area contributed by atoms with Crippen molar-refractivity contribution in [2.45, 2.75) is 25.7 Å². The second-order valence-electron chi connectivity index (χ2n) is 6.59. The standard InChI is InChI=1S/C21H20N2O4S3/c24-18(22-15-7-4-6-14(12-15)20(26)27)9-2-1-3-10-23-19(25)17(30-21(23)28)13-16-8-5-11-29-16/h4-8,11-13H,1-3,9-10H2,(H,22,24)(H,26,27). The summed E-state index contributed by atoms with van der Waals surface area (Å²) in [5.41, 5.74) is 0.597. The number of carbonyl (C=O) groups is 3. The summed E-state index contributed by atoms with van der Waals surface area (Å²) in [6, 6.07) is 10.0. The monoisotopic (exact) mass is 460 g/mol. The molecular weight excluding hydrogens is 440 g/mol. The normalized spacial score (nSPS) is 15.1. The molecule has 2 aromatic rings. The van der Waals surface area contributed by atoms with Gasteiger partial charge >= 0.3 is 5.97 Å². The maximum atomic E-state index is 12.5. The molecule has 1 saturated heterocycles. The Bertz CT molecular complexity index is 986. The zero-order chi connectivity index (χ0) is 21.5. The molecule has 3 rings (SSSR count). The summed E-state index contributed by atoms with van der Waals surface area (Å²) >= 11 is 8.23. The minimum Gasteiger partial charge on any atom is -0.478 e. The van der Waals surface area contributed by atoms with Crippen LogP contribution in [0.15, 0.2) is 46.7 Å². The van der Waals surface area contributed by atoms with Crippen molar-refractivity contribution < 1.29 is 19.5 Å². The Balaban J connectivity index is 1.39. The first-order valence-electron chi connectivity index (χ1n) is 9.36. The molecule has 1 aliphatic rings. The predicted molar refractivity (Wildman–Crippen MR) is 125 cm³/mol. The molecule has 30 heavy (non-hydrogen) atoms. The van der Waals surface area contributed by atoms with Gasteiger partial charge in [-0.2, -0.15) is 0 Å². The Labute approximate surface area is 188 Å². The number of unbranched alkanes of at least 4 members (excludes halogenated alkanes) is 2. The van der Waals surface area contributed by atoms with Gasteiger partial charge in [-0.05, 0) is 48.6 Å². The van der Waals surface area contributed by atoms with Crippen LogP contribution in [0.25, 0.3) is 6.08 Å². The van der Waals surface area contributed by atoms with Crippen molar-refractivity contribution in [3.05, 3.63) is 57.1 Å². The lowest BCUT2D eigenvalue weighted by molar-refractivity contribution is -0.122. The molecule has 9 heteroatoms. The Morgan fingerprint density at radius 1 is 1.17 bits per heavy atom. The molecule has 2 amide bonds. The molecule has 0 aliphatic carbocycles. The number of amides is 2. The van der Waals surface area contributed by atoms with E-state index in [4.69, 9.17) is 17.3 Å². The smallest absolute Gasteiger partial charge is 0.335 e. The van der Waals surface area contributed by atoms with Gasteiger partial charge in [0.25, 0.3) is 5.91 Å². The molecular formula is C21H20N2O4S3. The molecule has 2 heterocycles. The van der Waals surface area contributed by atoms with Gasteiger partial charge in [0.15, 0.2) is 0 Å². The van der Waals surface area contributed by atoms with Crippen LogP contribution in [0.3, 0.4) is 0 Å². The van der Waals surface area contributed by atoms with Crippen LogP contribution in [0.4, 0.5) is 5.69 Å². The molecule has 0 radical (unpaired) electrons. The summed E-state index contributed by atoms with van der Waals surface area (Å²) in [5, 5.41) is 13.7. The van der Waals surface area contributed by atoms with E-state index < -0.39 is 5.97 Å². The van der Waals surface area contributed by atoms with Crippen LogP contribution in [0, 0.1) is 0 Å². The molecule has 2 N–H and O–H groups in total. The highest BCUT2D eigenvalue weighted by molar-refractivity contribution is 8.26. The minimum atomic E-state index is -1.04. The average Bonchev–Trinajstić information content (AvgIpc) is 3.31. The molecule has 0 atom stereocenters. The van der Waals surface area contributed by atoms with Gasteiger partial charge in [-0.3, -0.25) is 14.5 Å². The van der Waals surface area contributed by atoms with Crippen LogP contribution in [0.1, 0.15) is 40.9 Å². The summed E-state index contributed by atoms with van der Waals surface area (Å²) in [4.78, 5) is 38.9. The number of nitrogens with zero attached hydrogens (tertiary/aromatic N) is 1. The van der Waals surface area contributed by atoms with Crippen molar-refractivity contribution in [2.24, 2.45) is 0 Å². The van der Waals surface area contributed by atoms with Crippen LogP contribution >= 0.6 is 35.3 Å². The summed E-state index contributed by atoms with van der Waals surface area (Å²) in [6.07, 6.45) is 4.40. The highest BCUT2D eigenvalue weighted by atomic mass is 32.2. The maximum absolute atomic E-state index is 12.5. The fraction of sp³-hybridized carbons (Fsp3) is 0.238. The van der Waals surface area contributed by atoms with E-state index >= 15 is 0 Å². The van der Waals surface area contributed by atoms with Crippen molar-refractivity contribution in [1.29, 1.82) is 0 Å². The van der Waals surface area contributed by atoms with Gasteiger partial charge in [0.2, 0.25) is 5.91 Å². The summed E-state index contributed by atoms with van der Waals surface area (Å²) < 4.78 is 0.568. The van der Waals surface area contributed by atoms with Crippen molar-refractivity contribution >= 4 is 69.2 Å². The highest BCUT2D eigenvalue weighted by Gasteiger charge is 2.31. The van der Waals surface area contributed by atoms with Gasteiger partial charge in [-0.15, -0.1) is 11.3 Å². The third-order valence-electron chi connectivity index (χ3n) is 4.37. The zero-order valence-electron chi connectivity index (χ0n) is 16.0. The first kappa shape index (κ1) is 22.2. The van der Waals surface area contributed by atoms with Crippen LogP contribution in [-0.2, 0) is 9.59 Å². The first-order valence-corrected chi connectivity index (χ1v) is 11.5. The molecule has 1 aromatic carbocycles. The lowest BCUT2D eigenvalue weighted by Crippen LogP contribution is -2.29. The van der Waals surface area contributed by atoms with Gasteiger partial charge in [0.05, 0.1) is 10.5 Å². The van der Waals surface area contributed by atoms with Crippen molar-refractivity contribution in [2.75, 3.05) is 11.9 Å². The first-order chi connectivity index (χ1) is 14.4. The average molecular weight is 461 g/mol. The second kappa shape index (κ2) is 10.5. The summed E-state index contributed by atoms with van der Waals surface area (Å²) in [6.45, 7) is 0.536. The molecule has 0 spiro atoms. The van der Waals surface area contributed by atoms with E-state index in [1.54, 1.807) is 28.4 Å². The molecule has 6 nitrogen and oxygen atoms in total. The maximum Gasteiger partial charge on any atom is 0.335 e. The molecule has 0 bridgehead atoms. The number of thioether (sulfide) groups is 1. The van der Waals surface area contributed by atoms with Crippen molar-refractivity contribution in [3.8, 4) is 0 Å². The molecule has 0 unspecified atom stereocenters. The van der Waals surface area contributed by atoms with Gasteiger partial charge in [-0.25, -0.2) is 4.79 Å². The topological polar surface area (TPSA) is 86.7 Å². The number of hydrogen-bond donors (Lipinski definition) is 2. The highest BCUT2D eigenvalue weighted by Crippen LogP contribution is 2.33. The zero-order valence-corrected chi connectivity index (χ0v) is 18.4. The van der Waals surface area contributed by atoms with Gasteiger partial charge in [0.1, 0.15) is 4.32 Å². The summed E-state index contributed by atoms with van der Waals surface area (Å²) in [5.74, 6) is -1.26. The third kappa shape index (κ3) is 6.01. The van der Waals surface area contributed by atoms with E-state index in [2.05, 4.69) is 5.32 Å². The van der Waals surface area contributed by atoms with Crippen LogP contribution in [0.5, 0.6) is 0 Å². The SMILES string of the molecule is O=C(CCCCCN1C(=O)C(=Cc2cccs2)SC1=S)Nc1cccc(C(=O)O)c1. The fourth-order valence-electron chi connectivity index (χ4n) is 2.88. The fourth-order valence-corrected chi connectivity index (χ4v) is 4.91. The largest absolute Gasteiger partial charge is 0.478 e. The Hall–Kier alpha value is -2.49. The van der Waals surface area contributed by atoms with E-state index in [1.165, 1.54) is 23.9 Å². The third-order valence-corrected chi connectivity index (χ3v) is 6.57. The molecule has 156 valence electrons. The van der Waals surface area contributed by atoms with Gasteiger partial charge in [0, 0.05) is 23.5 Å². The van der Waals surface area contributed by atoms with Crippen LogP contribution < -0.4 is 5.32 Å². The number of rotatable bonds is 9. The number of carboxylic acids is 1. The number of thiocarbonyl (C=S) groups is 1. The molecule has 1 aromatic heterocycles. The molecule has 0 saturated carbocycles. The number of carboxylic acid groups (broad SMARTS) is 1. The Morgan fingerprint density at radius 3 is 2.73 bits per heavy atom. The van der Waals surface area contributed by atoms with E-state index in [0.717, 1.165) is 17.7 Å². The number of carbonyl (C=O) groups excluding carboxylic acids is 2. The van der Waals surface area contributed by atoms with E-state index in [-0.39, 0.29) is 17.4 Å². The van der Waals surface area contributed by atoms with E-state index in [9.17, 15) is 14.4 Å². The number of aromatic carboxylic acids is 1. The predicted octanol–water partition coefficient (Wildman–Crippen LogP) is 4.85. The Morgan fingerprint density at radius 2 is 2.00 bits per heavy atom. The quantitative estimate of drug-likeness (QED) is 0.316. The summed E-state index contributed by atoms with van der Waals surface area (Å²) in [7, 11) is 0. The lowest BCUT2D eigenvalue weighted by Gasteiger charge is -2.14. The number of anilines is 1.